The first-order valence-corrected chi connectivity index (χ1v) is 4.98. The molecule has 0 spiro atoms. The second-order valence-corrected chi connectivity index (χ2v) is 3.89. The fourth-order valence-electron chi connectivity index (χ4n) is 1.69. The van der Waals surface area contributed by atoms with Crippen molar-refractivity contribution in [1.29, 1.82) is 0 Å². The number of likely N-dealkylation sites (tertiary alicyclic amines) is 1. The maximum Gasteiger partial charge on any atom is 0.285 e. The molecule has 1 aromatic carbocycles. The predicted molar refractivity (Wildman–Crippen MR) is 56.9 cm³/mol. The third-order valence-electron chi connectivity index (χ3n) is 2.58. The highest BCUT2D eigenvalue weighted by Gasteiger charge is 2.32. The smallest absolute Gasteiger partial charge is 0.285 e. The zero-order valence-corrected chi connectivity index (χ0v) is 8.80. The molecule has 1 fully saturated rings. The predicted octanol–water partition coefficient (Wildman–Crippen LogP) is 0.517. The fraction of sp³-hybridized carbons (Fsp3) is 0.300. The Bertz CT molecular complexity index is 486. The highest BCUT2D eigenvalue weighted by atomic mass is 19.1. The molecule has 1 aliphatic rings. The maximum atomic E-state index is 12.9. The number of halogens is 1. The molecule has 1 amide bonds. The summed E-state index contributed by atoms with van der Waals surface area (Å²) < 4.78 is 12.9. The lowest BCUT2D eigenvalue weighted by Gasteiger charge is -2.36. The van der Waals surface area contributed by atoms with Gasteiger partial charge in [-0.2, -0.15) is 0 Å². The van der Waals surface area contributed by atoms with Crippen LogP contribution in [0.4, 0.5) is 10.1 Å². The summed E-state index contributed by atoms with van der Waals surface area (Å²) in [7, 11) is 0. The monoisotopic (exact) mass is 239 g/mol. The van der Waals surface area contributed by atoms with Crippen molar-refractivity contribution >= 4 is 11.6 Å². The summed E-state index contributed by atoms with van der Waals surface area (Å²) in [5.74, 6) is -1.23. The third kappa shape index (κ3) is 2.09. The van der Waals surface area contributed by atoms with Crippen molar-refractivity contribution in [1.82, 2.24) is 4.90 Å². The first-order valence-electron chi connectivity index (χ1n) is 4.98. The van der Waals surface area contributed by atoms with Crippen molar-refractivity contribution in [2.45, 2.75) is 6.04 Å². The van der Waals surface area contributed by atoms with Gasteiger partial charge >= 0.3 is 0 Å². The molecule has 6 nitrogen and oxygen atoms in total. The van der Waals surface area contributed by atoms with Gasteiger partial charge in [-0.15, -0.1) is 0 Å². The maximum absolute atomic E-state index is 12.9. The normalized spacial score (nSPS) is 15.5. The van der Waals surface area contributed by atoms with Gasteiger partial charge in [-0.3, -0.25) is 14.9 Å². The largest absolute Gasteiger partial charge is 0.335 e. The van der Waals surface area contributed by atoms with Gasteiger partial charge in [0.05, 0.1) is 11.0 Å². The van der Waals surface area contributed by atoms with Gasteiger partial charge < -0.3 is 10.6 Å². The number of benzene rings is 1. The molecular formula is C10H10FN3O3. The lowest BCUT2D eigenvalue weighted by Crippen LogP contribution is -2.57. The second-order valence-electron chi connectivity index (χ2n) is 3.89. The van der Waals surface area contributed by atoms with Crippen molar-refractivity contribution < 1.29 is 14.1 Å². The molecule has 7 heteroatoms. The Hall–Kier alpha value is -2.02. The van der Waals surface area contributed by atoms with Gasteiger partial charge in [-0.1, -0.05) is 0 Å². The number of hydrogen-bond donors (Lipinski definition) is 1. The van der Waals surface area contributed by atoms with Crippen LogP contribution in [0.25, 0.3) is 0 Å². The SMILES string of the molecule is NC1CN(C(=O)c2ccc(F)cc2[N+](=O)[O-])C1. The van der Waals surface area contributed by atoms with E-state index in [0.717, 1.165) is 18.2 Å². The van der Waals surface area contributed by atoms with Crippen LogP contribution in [0.5, 0.6) is 0 Å². The number of rotatable bonds is 2. The number of nitro groups is 1. The van der Waals surface area contributed by atoms with Crippen molar-refractivity contribution in [3.05, 3.63) is 39.7 Å². The zero-order valence-electron chi connectivity index (χ0n) is 8.80. The minimum Gasteiger partial charge on any atom is -0.335 e. The van der Waals surface area contributed by atoms with Crippen LogP contribution in [0.1, 0.15) is 10.4 Å². The molecule has 90 valence electrons. The van der Waals surface area contributed by atoms with Crippen LogP contribution >= 0.6 is 0 Å². The quantitative estimate of drug-likeness (QED) is 0.601. The molecule has 2 N–H and O–H groups in total. The number of carbonyl (C=O) groups is 1. The van der Waals surface area contributed by atoms with E-state index >= 15 is 0 Å². The van der Waals surface area contributed by atoms with E-state index in [9.17, 15) is 19.3 Å². The molecule has 0 radical (unpaired) electrons. The van der Waals surface area contributed by atoms with Crippen LogP contribution in [0.2, 0.25) is 0 Å². The van der Waals surface area contributed by atoms with Crippen LogP contribution in [-0.2, 0) is 0 Å². The number of nitro benzene ring substituents is 1. The van der Waals surface area contributed by atoms with Crippen molar-refractivity contribution in [2.75, 3.05) is 13.1 Å². The topological polar surface area (TPSA) is 89.5 Å². The average Bonchev–Trinajstić information content (AvgIpc) is 2.23. The van der Waals surface area contributed by atoms with Gasteiger partial charge in [0.1, 0.15) is 11.4 Å². The van der Waals surface area contributed by atoms with E-state index < -0.39 is 22.3 Å². The molecule has 1 aromatic rings. The molecule has 0 atom stereocenters. The van der Waals surface area contributed by atoms with Gasteiger partial charge in [0, 0.05) is 19.1 Å². The molecule has 0 bridgehead atoms. The van der Waals surface area contributed by atoms with Gasteiger partial charge in [-0.25, -0.2) is 4.39 Å². The molecule has 1 aliphatic heterocycles. The Kier molecular flexibility index (Phi) is 2.76. The average molecular weight is 239 g/mol. The highest BCUT2D eigenvalue weighted by Crippen LogP contribution is 2.23. The van der Waals surface area contributed by atoms with E-state index in [1.54, 1.807) is 0 Å². The minimum atomic E-state index is -0.768. The number of hydrogen-bond acceptors (Lipinski definition) is 4. The van der Waals surface area contributed by atoms with Gasteiger partial charge in [0.15, 0.2) is 0 Å². The van der Waals surface area contributed by atoms with Gasteiger partial charge in [-0.05, 0) is 12.1 Å². The summed E-state index contributed by atoms with van der Waals surface area (Å²) >= 11 is 0. The summed E-state index contributed by atoms with van der Waals surface area (Å²) in [5.41, 5.74) is 4.89. The lowest BCUT2D eigenvalue weighted by atomic mass is 10.1. The second kappa shape index (κ2) is 4.10. The number of nitrogens with two attached hydrogens (primary N) is 1. The van der Waals surface area contributed by atoms with Crippen LogP contribution in [0, 0.1) is 15.9 Å². The van der Waals surface area contributed by atoms with Crippen molar-refractivity contribution in [2.24, 2.45) is 5.73 Å². The lowest BCUT2D eigenvalue weighted by molar-refractivity contribution is -0.385. The summed E-state index contributed by atoms with van der Waals surface area (Å²) in [6, 6.07) is 2.81. The zero-order chi connectivity index (χ0) is 12.6. The summed E-state index contributed by atoms with van der Waals surface area (Å²) in [6.45, 7) is 0.737. The van der Waals surface area contributed by atoms with Crippen LogP contribution < -0.4 is 5.73 Å². The van der Waals surface area contributed by atoms with E-state index in [4.69, 9.17) is 5.73 Å². The highest BCUT2D eigenvalue weighted by molar-refractivity contribution is 5.98. The van der Waals surface area contributed by atoms with E-state index in [0.29, 0.717) is 13.1 Å². The summed E-state index contributed by atoms with van der Waals surface area (Å²) in [4.78, 5) is 23.2. The molecule has 0 aliphatic carbocycles. The molecule has 17 heavy (non-hydrogen) atoms. The van der Waals surface area contributed by atoms with Crippen LogP contribution in [-0.4, -0.2) is 34.9 Å². The first kappa shape index (κ1) is 11.5. The van der Waals surface area contributed by atoms with Gasteiger partial charge in [0.2, 0.25) is 0 Å². The summed E-state index contributed by atoms with van der Waals surface area (Å²) in [6.07, 6.45) is 0. The summed E-state index contributed by atoms with van der Waals surface area (Å²) in [5, 5.41) is 10.7. The van der Waals surface area contributed by atoms with E-state index in [1.807, 2.05) is 0 Å². The number of amides is 1. The molecule has 0 aromatic heterocycles. The minimum absolute atomic E-state index is 0.0848. The number of nitrogens with zero attached hydrogens (tertiary/aromatic N) is 2. The molecule has 2 rings (SSSR count). The fourth-order valence-corrected chi connectivity index (χ4v) is 1.69. The molecule has 1 heterocycles. The molecule has 0 unspecified atom stereocenters. The Morgan fingerprint density at radius 1 is 1.53 bits per heavy atom. The Morgan fingerprint density at radius 3 is 2.71 bits per heavy atom. The Balaban J connectivity index is 2.31. The first-order chi connectivity index (χ1) is 7.99. The van der Waals surface area contributed by atoms with E-state index in [1.165, 1.54) is 4.90 Å². The van der Waals surface area contributed by atoms with Crippen LogP contribution in [0.15, 0.2) is 18.2 Å². The van der Waals surface area contributed by atoms with Crippen LogP contribution in [0.3, 0.4) is 0 Å². The van der Waals surface area contributed by atoms with Crippen molar-refractivity contribution in [3.63, 3.8) is 0 Å². The molecular weight excluding hydrogens is 229 g/mol. The standard InChI is InChI=1S/C10H10FN3O3/c11-6-1-2-8(9(3-6)14(16)17)10(15)13-4-7(12)5-13/h1-3,7H,4-5,12H2. The molecule has 1 saturated heterocycles. The van der Waals surface area contributed by atoms with Crippen molar-refractivity contribution in [3.8, 4) is 0 Å². The number of carbonyl (C=O) groups excluding carboxylic acids is 1. The molecule has 0 saturated carbocycles. The van der Waals surface area contributed by atoms with E-state index in [2.05, 4.69) is 0 Å². The Morgan fingerprint density at radius 2 is 2.18 bits per heavy atom. The Labute approximate surface area is 96.0 Å². The van der Waals surface area contributed by atoms with E-state index in [-0.39, 0.29) is 11.6 Å². The van der Waals surface area contributed by atoms with Gasteiger partial charge in [0.25, 0.3) is 11.6 Å². The third-order valence-corrected chi connectivity index (χ3v) is 2.58.